The predicted octanol–water partition coefficient (Wildman–Crippen LogP) is 14.8. The summed E-state index contributed by atoms with van der Waals surface area (Å²) in [7, 11) is 0. The number of rotatable bonds is 6. The Labute approximate surface area is 392 Å². The third-order valence-electron chi connectivity index (χ3n) is 13.1. The third-order valence-corrected chi connectivity index (χ3v) is 13.1. The molecule has 0 aliphatic heterocycles. The van der Waals surface area contributed by atoms with Gasteiger partial charge in [0, 0.05) is 23.0 Å². The van der Waals surface area contributed by atoms with Crippen LogP contribution in [0.1, 0.15) is 27.8 Å². The topological polar surface area (TPSA) is 49.7 Å². The van der Waals surface area contributed by atoms with Crippen LogP contribution in [0.25, 0.3) is 111 Å². The largest absolute Gasteiger partial charge is 2.00 e. The molecule has 5 nitrogen and oxygen atoms in total. The summed E-state index contributed by atoms with van der Waals surface area (Å²) in [6, 6.07) is 62.6. The van der Waals surface area contributed by atoms with E-state index in [-0.39, 0.29) is 21.1 Å². The number of fused-ring (bicyclic) bond motifs is 7. The van der Waals surface area contributed by atoms with Gasteiger partial charge in [0.15, 0.2) is 0 Å². The average Bonchev–Trinajstić information content (AvgIpc) is 3.99. The molecule has 0 spiro atoms. The van der Waals surface area contributed by atoms with Crippen molar-refractivity contribution >= 4 is 54.6 Å². The minimum atomic E-state index is 0. The molecule has 0 aliphatic rings. The van der Waals surface area contributed by atoms with E-state index in [1.54, 1.807) is 0 Å². The number of nitrogens with zero attached hydrogens (tertiary/aromatic N) is 5. The van der Waals surface area contributed by atoms with Gasteiger partial charge in [0.2, 0.25) is 0 Å². The zero-order valence-corrected chi connectivity index (χ0v) is 39.0. The van der Waals surface area contributed by atoms with Crippen molar-refractivity contribution in [3.8, 4) is 56.3 Å². The van der Waals surface area contributed by atoms with Crippen LogP contribution in [0.15, 0.2) is 170 Å². The number of aromatic nitrogens is 5. The molecule has 8 aromatic carbocycles. The maximum Gasteiger partial charge on any atom is 2.00 e. The summed E-state index contributed by atoms with van der Waals surface area (Å²) < 4.78 is 4.61. The van der Waals surface area contributed by atoms with Crippen molar-refractivity contribution in [3.63, 3.8) is 0 Å². The zero-order chi connectivity index (χ0) is 43.2. The molecule has 0 amide bonds. The number of aryl methyl sites for hydroxylation is 5. The van der Waals surface area contributed by atoms with Gasteiger partial charge in [0.25, 0.3) is 0 Å². The van der Waals surface area contributed by atoms with Gasteiger partial charge in [-0.25, -0.2) is 9.97 Å². The first-order valence-electron chi connectivity index (χ1n) is 21.9. The Morgan fingerprint density at radius 2 is 1.22 bits per heavy atom. The molecule has 0 fully saturated rings. The standard InChI is InChI=1S/C59H43N5.Pt/c1-35-29-38(4)55(39(5)30-35)49-33-42(34-53-56(49)48-31-36(2)37(3)32-52(48)64(53)54-23-11-12-28-60-54)44-18-14-22-51-58(44)62-59(47-20-13-19-46-45-17-9-10-21-50(45)61-57(46)47)63(51)43-26-24-41(25-27-43)40-15-7-6-8-16-40;/h6-33H,1-5H3;/q-2;+2. The van der Waals surface area contributed by atoms with Crippen molar-refractivity contribution in [2.24, 2.45) is 0 Å². The SMILES string of the molecule is Cc1cc(C)c(-c2cc(-c3cccc4c3nc(-c3cccc5c3[n-]c3ccccc35)n4-c3ccc(-c4ccccc4)cc3)[c-]c3c2c2cc(C)c(C)cc2n3-c2ccccn2)c(C)c1.[Pt+2]. The Hall–Kier alpha value is -7.33. The Morgan fingerprint density at radius 3 is 2.00 bits per heavy atom. The zero-order valence-electron chi connectivity index (χ0n) is 36.7. The van der Waals surface area contributed by atoms with Crippen molar-refractivity contribution < 1.29 is 21.1 Å². The molecule has 0 saturated carbocycles. The molecule has 65 heavy (non-hydrogen) atoms. The molecule has 4 aromatic heterocycles. The average molecular weight is 1020 g/mol. The van der Waals surface area contributed by atoms with E-state index in [1.165, 1.54) is 55.3 Å². The van der Waals surface area contributed by atoms with E-state index in [9.17, 15) is 0 Å². The molecule has 0 unspecified atom stereocenters. The van der Waals surface area contributed by atoms with E-state index in [2.05, 4.69) is 208 Å². The second-order valence-corrected chi connectivity index (χ2v) is 17.3. The van der Waals surface area contributed by atoms with Gasteiger partial charge >= 0.3 is 21.1 Å². The van der Waals surface area contributed by atoms with Crippen LogP contribution < -0.4 is 4.98 Å². The fraction of sp³-hybridized carbons (Fsp3) is 0.0847. The predicted molar refractivity (Wildman–Crippen MR) is 266 cm³/mol. The van der Waals surface area contributed by atoms with Crippen molar-refractivity contribution in [3.05, 3.63) is 204 Å². The van der Waals surface area contributed by atoms with Gasteiger partial charge in [-0.1, -0.05) is 143 Å². The van der Waals surface area contributed by atoms with Crippen molar-refractivity contribution in [2.45, 2.75) is 34.6 Å². The van der Waals surface area contributed by atoms with Gasteiger partial charge < -0.3 is 9.55 Å². The molecular formula is C59H43N5Pt. The molecule has 12 aromatic rings. The van der Waals surface area contributed by atoms with Crippen LogP contribution in [0, 0.1) is 40.7 Å². The third kappa shape index (κ3) is 6.48. The molecule has 0 radical (unpaired) electrons. The second kappa shape index (κ2) is 15.7. The van der Waals surface area contributed by atoms with E-state index < -0.39 is 0 Å². The molecular weight excluding hydrogens is 974 g/mol. The van der Waals surface area contributed by atoms with Crippen molar-refractivity contribution in [1.29, 1.82) is 0 Å². The Kier molecular flexibility index (Phi) is 9.79. The summed E-state index contributed by atoms with van der Waals surface area (Å²) in [6.07, 6.45) is 1.87. The normalized spacial score (nSPS) is 11.6. The summed E-state index contributed by atoms with van der Waals surface area (Å²) >= 11 is 0. The van der Waals surface area contributed by atoms with Crippen LogP contribution in [0.3, 0.4) is 0 Å². The van der Waals surface area contributed by atoms with Crippen LogP contribution in [-0.2, 0) is 21.1 Å². The number of benzene rings is 8. The summed E-state index contributed by atoms with van der Waals surface area (Å²) in [6.45, 7) is 11.1. The molecule has 0 atom stereocenters. The molecule has 12 rings (SSSR count). The minimum Gasteiger partial charge on any atom is -0.656 e. The van der Waals surface area contributed by atoms with Gasteiger partial charge in [-0.15, -0.1) is 28.7 Å². The van der Waals surface area contributed by atoms with Crippen LogP contribution >= 0.6 is 0 Å². The van der Waals surface area contributed by atoms with Gasteiger partial charge in [-0.2, -0.15) is 0 Å². The number of pyridine rings is 1. The van der Waals surface area contributed by atoms with Gasteiger partial charge in [-0.05, 0) is 132 Å². The Balaban J connectivity index is 0.00000469. The van der Waals surface area contributed by atoms with Gasteiger partial charge in [0.1, 0.15) is 11.6 Å². The molecule has 0 aliphatic carbocycles. The first-order chi connectivity index (χ1) is 31.3. The first kappa shape index (κ1) is 40.4. The fourth-order valence-corrected chi connectivity index (χ4v) is 10.2. The van der Waals surface area contributed by atoms with Crippen LogP contribution in [-0.4, -0.2) is 19.1 Å². The number of imidazole rings is 1. The van der Waals surface area contributed by atoms with Crippen LogP contribution in [0.5, 0.6) is 0 Å². The maximum absolute atomic E-state index is 5.70. The van der Waals surface area contributed by atoms with Gasteiger partial charge in [0.05, 0.1) is 11.0 Å². The number of hydrogen-bond acceptors (Lipinski definition) is 2. The van der Waals surface area contributed by atoms with Crippen LogP contribution in [0.4, 0.5) is 0 Å². The molecule has 4 heterocycles. The molecule has 6 heteroatoms. The molecule has 0 N–H and O–H groups in total. The monoisotopic (exact) mass is 1020 g/mol. The summed E-state index contributed by atoms with van der Waals surface area (Å²) in [5.41, 5.74) is 20.8. The number of hydrogen-bond donors (Lipinski definition) is 0. The van der Waals surface area contributed by atoms with E-state index in [0.29, 0.717) is 0 Å². The molecule has 0 saturated heterocycles. The first-order valence-corrected chi connectivity index (χ1v) is 21.9. The fourth-order valence-electron chi connectivity index (χ4n) is 10.2. The van der Waals surface area contributed by atoms with Crippen molar-refractivity contribution in [2.75, 3.05) is 0 Å². The second-order valence-electron chi connectivity index (χ2n) is 17.3. The Bertz CT molecular complexity index is 3790. The number of para-hydroxylation sites is 3. The summed E-state index contributed by atoms with van der Waals surface area (Å²) in [4.78, 5) is 15.9. The molecule has 314 valence electrons. The van der Waals surface area contributed by atoms with E-state index in [0.717, 1.165) is 83.5 Å². The van der Waals surface area contributed by atoms with E-state index in [1.807, 2.05) is 12.3 Å². The van der Waals surface area contributed by atoms with Gasteiger partial charge in [-0.3, -0.25) is 4.57 Å². The smallest absolute Gasteiger partial charge is 0.656 e. The summed E-state index contributed by atoms with van der Waals surface area (Å²) in [5, 5.41) is 4.61. The van der Waals surface area contributed by atoms with E-state index >= 15 is 0 Å². The Morgan fingerprint density at radius 1 is 0.523 bits per heavy atom. The maximum atomic E-state index is 5.70. The quantitative estimate of drug-likeness (QED) is 0.156. The minimum absolute atomic E-state index is 0. The van der Waals surface area contributed by atoms with Crippen molar-refractivity contribution in [1.82, 2.24) is 24.1 Å². The van der Waals surface area contributed by atoms with E-state index in [4.69, 9.17) is 15.0 Å². The molecule has 0 bridgehead atoms. The summed E-state index contributed by atoms with van der Waals surface area (Å²) in [5.74, 6) is 1.69. The van der Waals surface area contributed by atoms with Crippen LogP contribution in [0.2, 0.25) is 0 Å².